The number of halogens is 2. The van der Waals surface area contributed by atoms with Crippen molar-refractivity contribution in [3.8, 4) is 0 Å². The van der Waals surface area contributed by atoms with Gasteiger partial charge in [0.15, 0.2) is 0 Å². The van der Waals surface area contributed by atoms with E-state index in [9.17, 15) is 9.50 Å². The SMILES string of the molecule is CC(c1ccccc1)C(O)c1ccc(F)c(Br)c1. The molecule has 0 aliphatic carbocycles. The Hall–Kier alpha value is -1.19. The molecule has 2 unspecified atom stereocenters. The summed E-state index contributed by atoms with van der Waals surface area (Å²) in [6.07, 6.45) is -0.649. The maximum atomic E-state index is 13.2. The maximum Gasteiger partial charge on any atom is 0.137 e. The van der Waals surface area contributed by atoms with Crippen molar-refractivity contribution in [2.45, 2.75) is 18.9 Å². The first-order valence-electron chi connectivity index (χ1n) is 5.77. The minimum absolute atomic E-state index is 0.0384. The normalized spacial score (nSPS) is 14.2. The molecule has 3 heteroatoms. The van der Waals surface area contributed by atoms with Crippen LogP contribution < -0.4 is 0 Å². The second-order valence-corrected chi connectivity index (χ2v) is 5.17. The average Bonchev–Trinajstić information content (AvgIpc) is 2.41. The van der Waals surface area contributed by atoms with E-state index >= 15 is 0 Å². The molecule has 0 aliphatic rings. The average molecular weight is 309 g/mol. The summed E-state index contributed by atoms with van der Waals surface area (Å²) in [7, 11) is 0. The summed E-state index contributed by atoms with van der Waals surface area (Å²) in [5, 5.41) is 10.3. The molecule has 2 aromatic carbocycles. The van der Waals surface area contributed by atoms with Gasteiger partial charge in [-0.2, -0.15) is 0 Å². The lowest BCUT2D eigenvalue weighted by molar-refractivity contribution is 0.151. The van der Waals surface area contributed by atoms with Crippen molar-refractivity contribution in [3.05, 3.63) is 69.9 Å². The molecule has 1 N–H and O–H groups in total. The largest absolute Gasteiger partial charge is 0.388 e. The fourth-order valence-electron chi connectivity index (χ4n) is 1.92. The summed E-state index contributed by atoms with van der Waals surface area (Å²) in [6, 6.07) is 14.4. The van der Waals surface area contributed by atoms with Crippen LogP contribution in [0, 0.1) is 5.82 Å². The molecular formula is C15H14BrFO. The van der Waals surface area contributed by atoms with Gasteiger partial charge in [-0.3, -0.25) is 0 Å². The van der Waals surface area contributed by atoms with Crippen LogP contribution in [-0.2, 0) is 0 Å². The Morgan fingerprint density at radius 3 is 2.33 bits per heavy atom. The van der Waals surface area contributed by atoms with Crippen LogP contribution in [-0.4, -0.2) is 5.11 Å². The number of benzene rings is 2. The van der Waals surface area contributed by atoms with Crippen molar-refractivity contribution < 1.29 is 9.50 Å². The first-order valence-corrected chi connectivity index (χ1v) is 6.57. The van der Waals surface area contributed by atoms with Gasteiger partial charge < -0.3 is 5.11 Å². The highest BCUT2D eigenvalue weighted by Crippen LogP contribution is 2.32. The highest BCUT2D eigenvalue weighted by atomic mass is 79.9. The lowest BCUT2D eigenvalue weighted by Crippen LogP contribution is -2.07. The van der Waals surface area contributed by atoms with Gasteiger partial charge in [0, 0.05) is 5.92 Å². The molecule has 0 bridgehead atoms. The minimum atomic E-state index is -0.649. The summed E-state index contributed by atoms with van der Waals surface area (Å²) in [6.45, 7) is 1.96. The van der Waals surface area contributed by atoms with Crippen molar-refractivity contribution >= 4 is 15.9 Å². The molecule has 0 saturated carbocycles. The second-order valence-electron chi connectivity index (χ2n) is 4.32. The molecule has 0 heterocycles. The third-order valence-electron chi connectivity index (χ3n) is 3.08. The van der Waals surface area contributed by atoms with E-state index in [1.807, 2.05) is 37.3 Å². The molecule has 2 aromatic rings. The van der Waals surface area contributed by atoms with Crippen LogP contribution in [0.4, 0.5) is 4.39 Å². The molecule has 1 nitrogen and oxygen atoms in total. The van der Waals surface area contributed by atoms with Gasteiger partial charge in [-0.25, -0.2) is 4.39 Å². The highest BCUT2D eigenvalue weighted by Gasteiger charge is 2.18. The van der Waals surface area contributed by atoms with E-state index in [-0.39, 0.29) is 11.7 Å². The number of hydrogen-bond acceptors (Lipinski definition) is 1. The molecule has 0 fully saturated rings. The molecule has 0 saturated heterocycles. The number of hydrogen-bond donors (Lipinski definition) is 1. The Balaban J connectivity index is 2.25. The third kappa shape index (κ3) is 2.79. The monoisotopic (exact) mass is 308 g/mol. The zero-order valence-electron chi connectivity index (χ0n) is 9.98. The number of aliphatic hydroxyl groups excluding tert-OH is 1. The summed E-state index contributed by atoms with van der Waals surface area (Å²) in [5.41, 5.74) is 1.77. The van der Waals surface area contributed by atoms with Crippen LogP contribution in [0.1, 0.15) is 30.1 Å². The van der Waals surface area contributed by atoms with E-state index < -0.39 is 6.10 Å². The van der Waals surface area contributed by atoms with Crippen LogP contribution >= 0.6 is 15.9 Å². The van der Waals surface area contributed by atoms with Gasteiger partial charge in [0.1, 0.15) is 5.82 Å². The minimum Gasteiger partial charge on any atom is -0.388 e. The third-order valence-corrected chi connectivity index (χ3v) is 3.69. The summed E-state index contributed by atoms with van der Waals surface area (Å²) in [5.74, 6) is -0.359. The Bertz CT molecular complexity index is 527. The van der Waals surface area contributed by atoms with Crippen molar-refractivity contribution in [2.75, 3.05) is 0 Å². The molecule has 18 heavy (non-hydrogen) atoms. The topological polar surface area (TPSA) is 20.2 Å². The summed E-state index contributed by atoms with van der Waals surface area (Å²) < 4.78 is 13.5. The zero-order valence-corrected chi connectivity index (χ0v) is 11.6. The highest BCUT2D eigenvalue weighted by molar-refractivity contribution is 9.10. The Morgan fingerprint density at radius 2 is 1.72 bits per heavy atom. The van der Waals surface area contributed by atoms with Gasteiger partial charge in [-0.05, 0) is 39.2 Å². The van der Waals surface area contributed by atoms with Gasteiger partial charge in [-0.1, -0.05) is 43.3 Å². The van der Waals surface area contributed by atoms with Crippen LogP contribution in [0.5, 0.6) is 0 Å². The molecular weight excluding hydrogens is 295 g/mol. The smallest absolute Gasteiger partial charge is 0.137 e. The number of rotatable bonds is 3. The van der Waals surface area contributed by atoms with E-state index in [0.717, 1.165) is 5.56 Å². The molecule has 94 valence electrons. The van der Waals surface area contributed by atoms with Crippen molar-refractivity contribution in [1.82, 2.24) is 0 Å². The standard InChI is InChI=1S/C15H14BrFO/c1-10(11-5-3-2-4-6-11)15(18)12-7-8-14(17)13(16)9-12/h2-10,15,18H,1H3. The fourth-order valence-corrected chi connectivity index (χ4v) is 2.32. The number of aliphatic hydroxyl groups is 1. The van der Waals surface area contributed by atoms with Crippen LogP contribution in [0.15, 0.2) is 53.0 Å². The predicted octanol–water partition coefficient (Wildman–Crippen LogP) is 4.43. The van der Waals surface area contributed by atoms with E-state index in [2.05, 4.69) is 15.9 Å². The van der Waals surface area contributed by atoms with Crippen LogP contribution in [0.2, 0.25) is 0 Å². The zero-order chi connectivity index (χ0) is 13.1. The van der Waals surface area contributed by atoms with Crippen molar-refractivity contribution in [1.29, 1.82) is 0 Å². The summed E-state index contributed by atoms with van der Waals surface area (Å²) >= 11 is 3.13. The van der Waals surface area contributed by atoms with Gasteiger partial charge in [0.2, 0.25) is 0 Å². The maximum absolute atomic E-state index is 13.2. The molecule has 2 atom stereocenters. The Morgan fingerprint density at radius 1 is 1.06 bits per heavy atom. The van der Waals surface area contributed by atoms with Crippen molar-refractivity contribution in [2.24, 2.45) is 0 Å². The quantitative estimate of drug-likeness (QED) is 0.889. The molecule has 2 rings (SSSR count). The van der Waals surface area contributed by atoms with E-state index in [1.54, 1.807) is 12.1 Å². The van der Waals surface area contributed by atoms with Gasteiger partial charge in [0.05, 0.1) is 10.6 Å². The lowest BCUT2D eigenvalue weighted by Gasteiger charge is -2.20. The van der Waals surface area contributed by atoms with Gasteiger partial charge in [-0.15, -0.1) is 0 Å². The first-order chi connectivity index (χ1) is 8.59. The van der Waals surface area contributed by atoms with Gasteiger partial charge >= 0.3 is 0 Å². The molecule has 0 amide bonds. The van der Waals surface area contributed by atoms with Crippen LogP contribution in [0.25, 0.3) is 0 Å². The second kappa shape index (κ2) is 5.63. The van der Waals surface area contributed by atoms with Crippen LogP contribution in [0.3, 0.4) is 0 Å². The van der Waals surface area contributed by atoms with E-state index in [0.29, 0.717) is 10.0 Å². The lowest BCUT2D eigenvalue weighted by atomic mass is 9.91. The molecule has 0 spiro atoms. The Labute approximate surface area is 114 Å². The predicted molar refractivity (Wildman–Crippen MR) is 73.9 cm³/mol. The fraction of sp³-hybridized carbons (Fsp3) is 0.200. The van der Waals surface area contributed by atoms with Gasteiger partial charge in [0.25, 0.3) is 0 Å². The van der Waals surface area contributed by atoms with Crippen molar-refractivity contribution in [3.63, 3.8) is 0 Å². The van der Waals surface area contributed by atoms with E-state index in [1.165, 1.54) is 6.07 Å². The molecule has 0 radical (unpaired) electrons. The molecule has 0 aromatic heterocycles. The first kappa shape index (κ1) is 13.2. The van der Waals surface area contributed by atoms with E-state index in [4.69, 9.17) is 0 Å². The summed E-state index contributed by atoms with van der Waals surface area (Å²) in [4.78, 5) is 0. The molecule has 0 aliphatic heterocycles. The Kier molecular flexibility index (Phi) is 4.15.